The SMILES string of the molecule is CCCCCCCCCC(=O)N[C@H](C(=O)O)C(C)(C)C. The highest BCUT2D eigenvalue weighted by atomic mass is 16.4. The van der Waals surface area contributed by atoms with Crippen LogP contribution in [-0.4, -0.2) is 23.0 Å². The van der Waals surface area contributed by atoms with Crippen LogP contribution in [0.2, 0.25) is 0 Å². The minimum atomic E-state index is -0.967. The van der Waals surface area contributed by atoms with E-state index in [1.807, 2.05) is 20.8 Å². The lowest BCUT2D eigenvalue weighted by Gasteiger charge is -2.27. The zero-order valence-corrected chi connectivity index (χ0v) is 13.5. The first-order valence-electron chi connectivity index (χ1n) is 7.81. The minimum Gasteiger partial charge on any atom is -0.480 e. The molecule has 0 fully saturated rings. The topological polar surface area (TPSA) is 66.4 Å². The normalized spacial score (nSPS) is 13.0. The fourth-order valence-corrected chi connectivity index (χ4v) is 2.12. The molecule has 0 unspecified atom stereocenters. The van der Waals surface area contributed by atoms with Crippen LogP contribution in [0.25, 0.3) is 0 Å². The molecule has 0 aromatic heterocycles. The number of carbonyl (C=O) groups excluding carboxylic acids is 1. The molecule has 0 aromatic carbocycles. The van der Waals surface area contributed by atoms with Crippen molar-refractivity contribution in [1.29, 1.82) is 0 Å². The van der Waals surface area contributed by atoms with Crippen LogP contribution >= 0.6 is 0 Å². The average molecular weight is 285 g/mol. The summed E-state index contributed by atoms with van der Waals surface area (Å²) in [5.41, 5.74) is -0.471. The molecule has 0 aliphatic rings. The van der Waals surface area contributed by atoms with Crippen LogP contribution in [0, 0.1) is 5.41 Å². The first kappa shape index (κ1) is 18.9. The molecule has 0 spiro atoms. The molecule has 0 saturated heterocycles. The quantitative estimate of drug-likeness (QED) is 0.601. The number of nitrogens with one attached hydrogen (secondary N) is 1. The average Bonchev–Trinajstić information content (AvgIpc) is 2.33. The molecule has 20 heavy (non-hydrogen) atoms. The second-order valence-corrected chi connectivity index (χ2v) is 6.58. The first-order valence-corrected chi connectivity index (χ1v) is 7.81. The highest BCUT2D eigenvalue weighted by Crippen LogP contribution is 2.19. The van der Waals surface area contributed by atoms with E-state index in [0.29, 0.717) is 6.42 Å². The van der Waals surface area contributed by atoms with E-state index in [4.69, 9.17) is 5.11 Å². The monoisotopic (exact) mass is 285 g/mol. The molecule has 2 N–H and O–H groups in total. The predicted octanol–water partition coefficient (Wildman–Crippen LogP) is 3.74. The standard InChI is InChI=1S/C16H31NO3/c1-5-6-7-8-9-10-11-12-13(18)17-14(15(19)20)16(2,3)4/h14H,5-12H2,1-4H3,(H,17,18)(H,19,20)/t14-/m1/s1. The molecular weight excluding hydrogens is 254 g/mol. The lowest BCUT2D eigenvalue weighted by molar-refractivity contribution is -0.144. The van der Waals surface area contributed by atoms with Crippen molar-refractivity contribution >= 4 is 11.9 Å². The number of carboxylic acids is 1. The Balaban J connectivity index is 3.84. The number of hydrogen-bond acceptors (Lipinski definition) is 2. The Morgan fingerprint density at radius 2 is 1.50 bits per heavy atom. The number of amides is 1. The summed E-state index contributed by atoms with van der Waals surface area (Å²) < 4.78 is 0. The van der Waals surface area contributed by atoms with Gasteiger partial charge in [-0.15, -0.1) is 0 Å². The van der Waals surface area contributed by atoms with Crippen molar-refractivity contribution in [3.8, 4) is 0 Å². The van der Waals surface area contributed by atoms with Crippen LogP contribution in [0.3, 0.4) is 0 Å². The van der Waals surface area contributed by atoms with Gasteiger partial charge in [-0.1, -0.05) is 66.2 Å². The number of rotatable bonds is 10. The molecule has 0 bridgehead atoms. The highest BCUT2D eigenvalue weighted by Gasteiger charge is 2.32. The van der Waals surface area contributed by atoms with Gasteiger partial charge in [-0.3, -0.25) is 4.79 Å². The van der Waals surface area contributed by atoms with Gasteiger partial charge >= 0.3 is 5.97 Å². The van der Waals surface area contributed by atoms with Gasteiger partial charge in [0.15, 0.2) is 0 Å². The smallest absolute Gasteiger partial charge is 0.326 e. The molecule has 1 atom stereocenters. The van der Waals surface area contributed by atoms with Gasteiger partial charge in [-0.25, -0.2) is 4.79 Å². The molecule has 1 amide bonds. The molecule has 4 heteroatoms. The Morgan fingerprint density at radius 3 is 1.95 bits per heavy atom. The Bertz CT molecular complexity index is 295. The van der Waals surface area contributed by atoms with Crippen molar-refractivity contribution in [2.45, 2.75) is 85.1 Å². The summed E-state index contributed by atoms with van der Waals surface area (Å²) in [5.74, 6) is -1.12. The summed E-state index contributed by atoms with van der Waals surface area (Å²) in [6.07, 6.45) is 8.50. The van der Waals surface area contributed by atoms with Crippen LogP contribution in [0.1, 0.15) is 79.1 Å². The summed E-state index contributed by atoms with van der Waals surface area (Å²) in [6.45, 7) is 7.65. The van der Waals surface area contributed by atoms with Crippen molar-refractivity contribution in [3.05, 3.63) is 0 Å². The molecule has 0 aromatic rings. The molecule has 0 rings (SSSR count). The second kappa shape index (κ2) is 9.78. The van der Waals surface area contributed by atoms with Gasteiger partial charge in [-0.2, -0.15) is 0 Å². The van der Waals surface area contributed by atoms with E-state index in [2.05, 4.69) is 12.2 Å². The third-order valence-corrected chi connectivity index (χ3v) is 3.43. The number of aliphatic carboxylic acids is 1. The Morgan fingerprint density at radius 1 is 1.00 bits per heavy atom. The maximum Gasteiger partial charge on any atom is 0.326 e. The van der Waals surface area contributed by atoms with Gasteiger partial charge in [0, 0.05) is 6.42 Å². The number of hydrogen-bond donors (Lipinski definition) is 2. The summed E-state index contributed by atoms with van der Waals surface area (Å²) in [6, 6.07) is -0.820. The summed E-state index contributed by atoms with van der Waals surface area (Å²) in [5, 5.41) is 11.8. The van der Waals surface area contributed by atoms with Gasteiger partial charge in [0.2, 0.25) is 5.91 Å². The fraction of sp³-hybridized carbons (Fsp3) is 0.875. The Labute approximate surface area is 123 Å². The van der Waals surface area contributed by atoms with Gasteiger partial charge < -0.3 is 10.4 Å². The second-order valence-electron chi connectivity index (χ2n) is 6.58. The third-order valence-electron chi connectivity index (χ3n) is 3.43. The zero-order valence-electron chi connectivity index (χ0n) is 13.5. The van der Waals surface area contributed by atoms with E-state index in [9.17, 15) is 9.59 Å². The molecule has 0 aliphatic heterocycles. The summed E-state index contributed by atoms with van der Waals surface area (Å²) in [7, 11) is 0. The maximum absolute atomic E-state index is 11.8. The molecule has 0 aliphatic carbocycles. The first-order chi connectivity index (χ1) is 9.29. The molecule has 4 nitrogen and oxygen atoms in total. The van der Waals surface area contributed by atoms with Crippen molar-refractivity contribution in [1.82, 2.24) is 5.32 Å². The third kappa shape index (κ3) is 8.94. The van der Waals surface area contributed by atoms with Crippen molar-refractivity contribution in [2.75, 3.05) is 0 Å². The van der Waals surface area contributed by atoms with Gasteiger partial charge in [0.25, 0.3) is 0 Å². The van der Waals surface area contributed by atoms with Crippen molar-refractivity contribution < 1.29 is 14.7 Å². The predicted molar refractivity (Wildman–Crippen MR) is 81.6 cm³/mol. The lowest BCUT2D eigenvalue weighted by Crippen LogP contribution is -2.49. The maximum atomic E-state index is 11.8. The molecular formula is C16H31NO3. The number of unbranched alkanes of at least 4 members (excludes halogenated alkanes) is 6. The fourth-order valence-electron chi connectivity index (χ4n) is 2.12. The molecule has 0 saturated carbocycles. The van der Waals surface area contributed by atoms with E-state index < -0.39 is 17.4 Å². The van der Waals surface area contributed by atoms with Crippen LogP contribution in [-0.2, 0) is 9.59 Å². The van der Waals surface area contributed by atoms with E-state index >= 15 is 0 Å². The largest absolute Gasteiger partial charge is 0.480 e. The molecule has 0 heterocycles. The van der Waals surface area contributed by atoms with E-state index in [1.54, 1.807) is 0 Å². The molecule has 0 radical (unpaired) electrons. The minimum absolute atomic E-state index is 0.152. The van der Waals surface area contributed by atoms with Crippen molar-refractivity contribution in [2.24, 2.45) is 5.41 Å². The van der Waals surface area contributed by atoms with Crippen molar-refractivity contribution in [3.63, 3.8) is 0 Å². The van der Waals surface area contributed by atoms with Gasteiger partial charge in [0.1, 0.15) is 6.04 Å². The van der Waals surface area contributed by atoms with Gasteiger partial charge in [-0.05, 0) is 11.8 Å². The van der Waals surface area contributed by atoms with Gasteiger partial charge in [0.05, 0.1) is 0 Å². The lowest BCUT2D eigenvalue weighted by atomic mass is 9.86. The zero-order chi connectivity index (χ0) is 15.6. The summed E-state index contributed by atoms with van der Waals surface area (Å²) in [4.78, 5) is 22.9. The Hall–Kier alpha value is -1.06. The van der Waals surface area contributed by atoms with Crippen LogP contribution in [0.4, 0.5) is 0 Å². The molecule has 118 valence electrons. The van der Waals surface area contributed by atoms with E-state index in [0.717, 1.165) is 19.3 Å². The number of carbonyl (C=O) groups is 2. The Kier molecular flexibility index (Phi) is 9.26. The summed E-state index contributed by atoms with van der Waals surface area (Å²) >= 11 is 0. The van der Waals surface area contributed by atoms with Crippen LogP contribution < -0.4 is 5.32 Å². The van der Waals surface area contributed by atoms with Crippen LogP contribution in [0.15, 0.2) is 0 Å². The van der Waals surface area contributed by atoms with E-state index in [1.165, 1.54) is 25.7 Å². The number of carboxylic acid groups (broad SMARTS) is 1. The van der Waals surface area contributed by atoms with Crippen LogP contribution in [0.5, 0.6) is 0 Å². The van der Waals surface area contributed by atoms with E-state index in [-0.39, 0.29) is 5.91 Å². The highest BCUT2D eigenvalue weighted by molar-refractivity contribution is 5.84.